The summed E-state index contributed by atoms with van der Waals surface area (Å²) in [7, 11) is 0. The molecule has 7 heteroatoms. The highest BCUT2D eigenvalue weighted by Gasteiger charge is 2.29. The summed E-state index contributed by atoms with van der Waals surface area (Å²) in [6, 6.07) is 0. The van der Waals surface area contributed by atoms with Gasteiger partial charge in [0.1, 0.15) is 0 Å². The number of carbonyl (C=O) groups is 3. The third-order valence-electron chi connectivity index (χ3n) is 2.79. The summed E-state index contributed by atoms with van der Waals surface area (Å²) in [4.78, 5) is 37.0. The summed E-state index contributed by atoms with van der Waals surface area (Å²) in [5.41, 5.74) is -0.822. The molecule has 0 aromatic rings. The van der Waals surface area contributed by atoms with Gasteiger partial charge in [0.15, 0.2) is 0 Å². The minimum Gasteiger partial charge on any atom is -0.394 e. The summed E-state index contributed by atoms with van der Waals surface area (Å²) in [6.45, 7) is 4.59. The van der Waals surface area contributed by atoms with Gasteiger partial charge in [0.2, 0.25) is 6.41 Å². The van der Waals surface area contributed by atoms with Crippen LogP contribution in [0.2, 0.25) is 0 Å². The van der Waals surface area contributed by atoms with E-state index in [2.05, 4.69) is 5.32 Å². The van der Waals surface area contributed by atoms with Crippen LogP contribution in [0.25, 0.3) is 0 Å². The predicted molar refractivity (Wildman–Crippen MR) is 63.5 cm³/mol. The van der Waals surface area contributed by atoms with Gasteiger partial charge in [-0.25, -0.2) is 0 Å². The number of amides is 3. The molecule has 0 radical (unpaired) electrons. The Kier molecular flexibility index (Phi) is 4.66. The van der Waals surface area contributed by atoms with Crippen molar-refractivity contribution in [3.8, 4) is 0 Å². The fourth-order valence-electron chi connectivity index (χ4n) is 1.57. The molecule has 0 unspecified atom stereocenters. The Morgan fingerprint density at radius 1 is 1.28 bits per heavy atom. The molecular formula is C11H19N3O4. The van der Waals surface area contributed by atoms with Gasteiger partial charge >= 0.3 is 11.8 Å². The average molecular weight is 257 g/mol. The number of aliphatic hydroxyl groups is 1. The number of carbonyl (C=O) groups excluding carboxylic acids is 3. The SMILES string of the molecule is CC(C)(CO)NC(=O)C(=O)N1CCN(C=O)CC1. The Hall–Kier alpha value is -1.63. The van der Waals surface area contributed by atoms with Crippen LogP contribution >= 0.6 is 0 Å². The van der Waals surface area contributed by atoms with Crippen LogP contribution in [0.4, 0.5) is 0 Å². The molecule has 1 heterocycles. The van der Waals surface area contributed by atoms with E-state index in [1.165, 1.54) is 4.90 Å². The Morgan fingerprint density at radius 3 is 2.28 bits per heavy atom. The van der Waals surface area contributed by atoms with Gasteiger partial charge in [-0.1, -0.05) is 0 Å². The molecule has 3 amide bonds. The number of hydrogen-bond acceptors (Lipinski definition) is 4. The second kappa shape index (κ2) is 5.81. The maximum atomic E-state index is 11.8. The lowest BCUT2D eigenvalue weighted by Gasteiger charge is -2.33. The smallest absolute Gasteiger partial charge is 0.312 e. The highest BCUT2D eigenvalue weighted by Crippen LogP contribution is 2.03. The molecule has 1 aliphatic rings. The van der Waals surface area contributed by atoms with E-state index in [1.54, 1.807) is 18.7 Å². The lowest BCUT2D eigenvalue weighted by Crippen LogP contribution is -2.56. The van der Waals surface area contributed by atoms with Gasteiger partial charge in [-0.05, 0) is 13.8 Å². The summed E-state index contributed by atoms with van der Waals surface area (Å²) >= 11 is 0. The molecule has 1 saturated heterocycles. The first kappa shape index (κ1) is 14.4. The number of piperazine rings is 1. The maximum Gasteiger partial charge on any atom is 0.312 e. The van der Waals surface area contributed by atoms with Crippen LogP contribution in [-0.4, -0.2) is 71.5 Å². The maximum absolute atomic E-state index is 11.8. The van der Waals surface area contributed by atoms with Crippen molar-refractivity contribution in [1.82, 2.24) is 15.1 Å². The van der Waals surface area contributed by atoms with Gasteiger partial charge in [0.05, 0.1) is 12.1 Å². The lowest BCUT2D eigenvalue weighted by atomic mass is 10.1. The molecule has 0 bridgehead atoms. The first-order chi connectivity index (χ1) is 8.39. The van der Waals surface area contributed by atoms with Gasteiger partial charge < -0.3 is 20.2 Å². The predicted octanol–water partition coefficient (Wildman–Crippen LogP) is -1.83. The van der Waals surface area contributed by atoms with Crippen LogP contribution in [0.1, 0.15) is 13.8 Å². The van der Waals surface area contributed by atoms with E-state index >= 15 is 0 Å². The number of aliphatic hydroxyl groups excluding tert-OH is 1. The minimum atomic E-state index is -0.822. The number of hydrogen-bond donors (Lipinski definition) is 2. The fraction of sp³-hybridized carbons (Fsp3) is 0.727. The largest absolute Gasteiger partial charge is 0.394 e. The highest BCUT2D eigenvalue weighted by molar-refractivity contribution is 6.35. The van der Waals surface area contributed by atoms with Crippen molar-refractivity contribution >= 4 is 18.2 Å². The molecule has 18 heavy (non-hydrogen) atoms. The molecular weight excluding hydrogens is 238 g/mol. The minimum absolute atomic E-state index is 0.245. The van der Waals surface area contributed by atoms with Gasteiger partial charge in [0, 0.05) is 26.2 Å². The van der Waals surface area contributed by atoms with E-state index < -0.39 is 17.4 Å². The Balaban J connectivity index is 2.50. The quantitative estimate of drug-likeness (QED) is 0.460. The van der Waals surface area contributed by atoms with E-state index in [9.17, 15) is 14.4 Å². The first-order valence-electron chi connectivity index (χ1n) is 5.81. The zero-order valence-electron chi connectivity index (χ0n) is 10.7. The second-order valence-corrected chi connectivity index (χ2v) is 4.93. The molecule has 0 saturated carbocycles. The molecule has 7 nitrogen and oxygen atoms in total. The third kappa shape index (κ3) is 3.69. The molecule has 0 aromatic heterocycles. The second-order valence-electron chi connectivity index (χ2n) is 4.93. The van der Waals surface area contributed by atoms with E-state index in [-0.39, 0.29) is 6.61 Å². The number of nitrogens with one attached hydrogen (secondary N) is 1. The van der Waals surface area contributed by atoms with Gasteiger partial charge in [-0.2, -0.15) is 0 Å². The van der Waals surface area contributed by atoms with E-state index in [4.69, 9.17) is 5.11 Å². The van der Waals surface area contributed by atoms with Crippen molar-refractivity contribution in [2.75, 3.05) is 32.8 Å². The van der Waals surface area contributed by atoms with Crippen LogP contribution < -0.4 is 5.32 Å². The Labute approximate surface area is 106 Å². The standard InChI is InChI=1S/C11H19N3O4/c1-11(2,7-15)12-9(17)10(18)14-5-3-13(8-16)4-6-14/h8,15H,3-7H2,1-2H3,(H,12,17). The normalized spacial score (nSPS) is 16.4. The summed E-state index contributed by atoms with van der Waals surface area (Å²) in [5.74, 6) is -1.35. The zero-order chi connectivity index (χ0) is 13.8. The fourth-order valence-corrected chi connectivity index (χ4v) is 1.57. The van der Waals surface area contributed by atoms with Gasteiger partial charge in [0.25, 0.3) is 0 Å². The van der Waals surface area contributed by atoms with E-state index in [0.717, 1.165) is 6.41 Å². The van der Waals surface area contributed by atoms with Crippen molar-refractivity contribution < 1.29 is 19.5 Å². The molecule has 0 atom stereocenters. The molecule has 0 aliphatic carbocycles. The molecule has 1 rings (SSSR count). The Bertz CT molecular complexity index is 335. The van der Waals surface area contributed by atoms with Crippen molar-refractivity contribution in [2.45, 2.75) is 19.4 Å². The van der Waals surface area contributed by atoms with Crippen LogP contribution in [0.5, 0.6) is 0 Å². The number of rotatable bonds is 3. The average Bonchev–Trinajstić information content (AvgIpc) is 2.37. The van der Waals surface area contributed by atoms with Gasteiger partial charge in [-0.15, -0.1) is 0 Å². The number of nitrogens with zero attached hydrogens (tertiary/aromatic N) is 2. The van der Waals surface area contributed by atoms with Crippen LogP contribution in [0.3, 0.4) is 0 Å². The summed E-state index contributed by atoms with van der Waals surface area (Å²) in [6.07, 6.45) is 0.733. The van der Waals surface area contributed by atoms with Crippen molar-refractivity contribution in [3.63, 3.8) is 0 Å². The van der Waals surface area contributed by atoms with Crippen LogP contribution in [-0.2, 0) is 14.4 Å². The summed E-state index contributed by atoms with van der Waals surface area (Å²) in [5, 5.41) is 11.5. The summed E-state index contributed by atoms with van der Waals surface area (Å²) < 4.78 is 0. The first-order valence-corrected chi connectivity index (χ1v) is 5.81. The zero-order valence-corrected chi connectivity index (χ0v) is 10.7. The van der Waals surface area contributed by atoms with Crippen LogP contribution in [0, 0.1) is 0 Å². The van der Waals surface area contributed by atoms with E-state index in [0.29, 0.717) is 26.2 Å². The molecule has 102 valence electrons. The molecule has 0 aromatic carbocycles. The van der Waals surface area contributed by atoms with Crippen molar-refractivity contribution in [1.29, 1.82) is 0 Å². The lowest BCUT2D eigenvalue weighted by molar-refractivity contribution is -0.148. The molecule has 2 N–H and O–H groups in total. The third-order valence-corrected chi connectivity index (χ3v) is 2.79. The molecule has 0 spiro atoms. The van der Waals surface area contributed by atoms with E-state index in [1.807, 2.05) is 0 Å². The monoisotopic (exact) mass is 257 g/mol. The van der Waals surface area contributed by atoms with Crippen molar-refractivity contribution in [2.24, 2.45) is 0 Å². The topological polar surface area (TPSA) is 89.9 Å². The van der Waals surface area contributed by atoms with Gasteiger partial charge in [-0.3, -0.25) is 14.4 Å². The van der Waals surface area contributed by atoms with Crippen LogP contribution in [0.15, 0.2) is 0 Å². The highest BCUT2D eigenvalue weighted by atomic mass is 16.3. The molecule has 1 aliphatic heterocycles. The molecule has 1 fully saturated rings. The Morgan fingerprint density at radius 2 is 1.83 bits per heavy atom. The van der Waals surface area contributed by atoms with Crippen molar-refractivity contribution in [3.05, 3.63) is 0 Å².